The van der Waals surface area contributed by atoms with E-state index in [9.17, 15) is 4.79 Å². The summed E-state index contributed by atoms with van der Waals surface area (Å²) in [5.74, 6) is 1.59. The fraction of sp³-hybridized carbons (Fsp3) is 0.176. The SMILES string of the molecule is CCSc1nc2ccc(NC(=O)c3ccc(OC)cc3)cc2s1. The molecule has 0 unspecified atom stereocenters. The minimum absolute atomic E-state index is 0.139. The quantitative estimate of drug-likeness (QED) is 0.683. The average molecular weight is 344 g/mol. The standard InChI is InChI=1S/C17H16N2O2S2/c1-3-22-17-19-14-9-6-12(10-15(14)23-17)18-16(20)11-4-7-13(21-2)8-5-11/h4-10H,3H2,1-2H3,(H,18,20). The predicted molar refractivity (Wildman–Crippen MR) is 97.0 cm³/mol. The second-order valence-corrected chi connectivity index (χ2v) is 7.32. The molecule has 1 aromatic heterocycles. The first kappa shape index (κ1) is 15.8. The lowest BCUT2D eigenvalue weighted by atomic mass is 10.2. The van der Waals surface area contributed by atoms with E-state index in [1.165, 1.54) is 0 Å². The lowest BCUT2D eigenvalue weighted by molar-refractivity contribution is 0.102. The summed E-state index contributed by atoms with van der Waals surface area (Å²) >= 11 is 3.38. The number of thioether (sulfide) groups is 1. The molecule has 4 nitrogen and oxygen atoms in total. The highest BCUT2D eigenvalue weighted by Crippen LogP contribution is 2.31. The summed E-state index contributed by atoms with van der Waals surface area (Å²) in [5, 5.41) is 2.92. The van der Waals surface area contributed by atoms with Crippen molar-refractivity contribution in [1.29, 1.82) is 0 Å². The molecule has 0 radical (unpaired) electrons. The van der Waals surface area contributed by atoms with Gasteiger partial charge in [0.25, 0.3) is 5.91 Å². The molecule has 118 valence electrons. The smallest absolute Gasteiger partial charge is 0.255 e. The van der Waals surface area contributed by atoms with Crippen molar-refractivity contribution in [2.24, 2.45) is 0 Å². The van der Waals surface area contributed by atoms with Crippen molar-refractivity contribution in [2.45, 2.75) is 11.3 Å². The molecule has 1 N–H and O–H groups in total. The summed E-state index contributed by atoms with van der Waals surface area (Å²) in [7, 11) is 1.60. The Balaban J connectivity index is 1.78. The molecule has 23 heavy (non-hydrogen) atoms. The first-order valence-electron chi connectivity index (χ1n) is 7.18. The molecular weight excluding hydrogens is 328 g/mol. The molecule has 3 aromatic rings. The number of methoxy groups -OCH3 is 1. The van der Waals surface area contributed by atoms with Gasteiger partial charge in [0, 0.05) is 11.3 Å². The predicted octanol–water partition coefficient (Wildman–Crippen LogP) is 4.67. The molecule has 1 heterocycles. The van der Waals surface area contributed by atoms with Gasteiger partial charge in [-0.3, -0.25) is 4.79 Å². The van der Waals surface area contributed by atoms with Crippen LogP contribution in [0.25, 0.3) is 10.2 Å². The van der Waals surface area contributed by atoms with Crippen molar-refractivity contribution in [1.82, 2.24) is 4.98 Å². The van der Waals surface area contributed by atoms with E-state index in [1.807, 2.05) is 18.2 Å². The largest absolute Gasteiger partial charge is 0.497 e. The van der Waals surface area contributed by atoms with Crippen molar-refractivity contribution in [2.75, 3.05) is 18.2 Å². The third kappa shape index (κ3) is 3.65. The fourth-order valence-electron chi connectivity index (χ4n) is 2.11. The van der Waals surface area contributed by atoms with Crippen LogP contribution in [0.15, 0.2) is 46.8 Å². The number of carbonyl (C=O) groups is 1. The summed E-state index contributed by atoms with van der Waals surface area (Å²) in [5.41, 5.74) is 2.33. The third-order valence-corrected chi connectivity index (χ3v) is 5.29. The summed E-state index contributed by atoms with van der Waals surface area (Å²) in [6, 6.07) is 12.8. The van der Waals surface area contributed by atoms with Gasteiger partial charge in [0.2, 0.25) is 0 Å². The number of rotatable bonds is 5. The van der Waals surface area contributed by atoms with E-state index in [4.69, 9.17) is 4.74 Å². The highest BCUT2D eigenvalue weighted by molar-refractivity contribution is 8.01. The van der Waals surface area contributed by atoms with Crippen LogP contribution in [-0.2, 0) is 0 Å². The number of nitrogens with one attached hydrogen (secondary N) is 1. The number of amides is 1. The Morgan fingerprint density at radius 2 is 2.04 bits per heavy atom. The molecule has 0 aliphatic rings. The summed E-state index contributed by atoms with van der Waals surface area (Å²) in [6.07, 6.45) is 0. The molecule has 0 aliphatic heterocycles. The van der Waals surface area contributed by atoms with Crippen LogP contribution >= 0.6 is 23.1 Å². The van der Waals surface area contributed by atoms with E-state index in [-0.39, 0.29) is 5.91 Å². The number of anilines is 1. The van der Waals surface area contributed by atoms with Crippen LogP contribution in [0.1, 0.15) is 17.3 Å². The van der Waals surface area contributed by atoms with Crippen molar-refractivity contribution in [3.63, 3.8) is 0 Å². The zero-order valence-corrected chi connectivity index (χ0v) is 14.5. The maximum Gasteiger partial charge on any atom is 0.255 e. The summed E-state index contributed by atoms with van der Waals surface area (Å²) in [6.45, 7) is 2.11. The van der Waals surface area contributed by atoms with Gasteiger partial charge in [-0.15, -0.1) is 11.3 Å². The molecule has 6 heteroatoms. The molecule has 2 aromatic carbocycles. The first-order chi connectivity index (χ1) is 11.2. The van der Waals surface area contributed by atoms with Crippen LogP contribution in [0.2, 0.25) is 0 Å². The number of benzene rings is 2. The maximum absolute atomic E-state index is 12.3. The molecule has 0 aliphatic carbocycles. The van der Waals surface area contributed by atoms with Gasteiger partial charge in [-0.25, -0.2) is 4.98 Å². The van der Waals surface area contributed by atoms with Crippen molar-refractivity contribution < 1.29 is 9.53 Å². The Hall–Kier alpha value is -2.05. The van der Waals surface area contributed by atoms with E-state index in [0.717, 1.165) is 31.7 Å². The minimum Gasteiger partial charge on any atom is -0.497 e. The minimum atomic E-state index is -0.139. The van der Waals surface area contributed by atoms with E-state index in [1.54, 1.807) is 54.5 Å². The monoisotopic (exact) mass is 344 g/mol. The lowest BCUT2D eigenvalue weighted by Gasteiger charge is -2.06. The van der Waals surface area contributed by atoms with Crippen LogP contribution in [0.3, 0.4) is 0 Å². The molecular formula is C17H16N2O2S2. The van der Waals surface area contributed by atoms with Crippen LogP contribution in [-0.4, -0.2) is 23.8 Å². The zero-order chi connectivity index (χ0) is 16.2. The number of hydrogen-bond acceptors (Lipinski definition) is 5. The number of hydrogen-bond donors (Lipinski definition) is 1. The lowest BCUT2D eigenvalue weighted by Crippen LogP contribution is -2.11. The fourth-order valence-corrected chi connectivity index (χ4v) is 4.12. The summed E-state index contributed by atoms with van der Waals surface area (Å²) in [4.78, 5) is 16.8. The number of carbonyl (C=O) groups excluding carboxylic acids is 1. The second-order valence-electron chi connectivity index (χ2n) is 4.78. The first-order valence-corrected chi connectivity index (χ1v) is 8.98. The highest BCUT2D eigenvalue weighted by atomic mass is 32.2. The molecule has 0 fully saturated rings. The molecule has 1 amide bonds. The van der Waals surface area contributed by atoms with Gasteiger partial charge in [0.15, 0.2) is 4.34 Å². The van der Waals surface area contributed by atoms with Crippen molar-refractivity contribution >= 4 is 44.9 Å². The average Bonchev–Trinajstić information content (AvgIpc) is 2.97. The normalized spacial score (nSPS) is 10.7. The maximum atomic E-state index is 12.3. The van der Waals surface area contributed by atoms with Crippen LogP contribution in [0.5, 0.6) is 5.75 Å². The van der Waals surface area contributed by atoms with Crippen LogP contribution in [0, 0.1) is 0 Å². The Morgan fingerprint density at radius 1 is 1.26 bits per heavy atom. The van der Waals surface area contributed by atoms with E-state index in [2.05, 4.69) is 17.2 Å². The zero-order valence-electron chi connectivity index (χ0n) is 12.8. The molecule has 0 saturated carbocycles. The Labute approximate surface area is 142 Å². The molecule has 0 saturated heterocycles. The van der Waals surface area contributed by atoms with Gasteiger partial charge in [-0.2, -0.15) is 0 Å². The van der Waals surface area contributed by atoms with Crippen molar-refractivity contribution in [3.8, 4) is 5.75 Å². The number of thiazole rings is 1. The molecule has 0 atom stereocenters. The van der Waals surface area contributed by atoms with Gasteiger partial charge < -0.3 is 10.1 Å². The van der Waals surface area contributed by atoms with Gasteiger partial charge in [0.1, 0.15) is 5.75 Å². The van der Waals surface area contributed by atoms with Crippen LogP contribution < -0.4 is 10.1 Å². The number of nitrogens with zero attached hydrogens (tertiary/aromatic N) is 1. The Kier molecular flexibility index (Phi) is 4.83. The van der Waals surface area contributed by atoms with Gasteiger partial charge in [-0.05, 0) is 48.2 Å². The third-order valence-electron chi connectivity index (χ3n) is 3.25. The molecule has 0 spiro atoms. The van der Waals surface area contributed by atoms with Crippen molar-refractivity contribution in [3.05, 3.63) is 48.0 Å². The van der Waals surface area contributed by atoms with Gasteiger partial charge in [0.05, 0.1) is 17.3 Å². The molecule has 0 bridgehead atoms. The van der Waals surface area contributed by atoms with Gasteiger partial charge >= 0.3 is 0 Å². The topological polar surface area (TPSA) is 51.2 Å². The summed E-state index contributed by atoms with van der Waals surface area (Å²) < 4.78 is 7.23. The Bertz CT molecular complexity index is 828. The number of ether oxygens (including phenoxy) is 1. The highest BCUT2D eigenvalue weighted by Gasteiger charge is 2.09. The molecule has 3 rings (SSSR count). The number of fused-ring (bicyclic) bond motifs is 1. The number of aromatic nitrogens is 1. The van der Waals surface area contributed by atoms with E-state index in [0.29, 0.717) is 5.56 Å². The van der Waals surface area contributed by atoms with E-state index < -0.39 is 0 Å². The van der Waals surface area contributed by atoms with Gasteiger partial charge in [-0.1, -0.05) is 18.7 Å². The second kappa shape index (κ2) is 7.02. The van der Waals surface area contributed by atoms with E-state index >= 15 is 0 Å². The Morgan fingerprint density at radius 3 is 2.74 bits per heavy atom. The van der Waals surface area contributed by atoms with Crippen LogP contribution in [0.4, 0.5) is 5.69 Å².